The quantitative estimate of drug-likeness (QED) is 0.805. The fraction of sp³-hybridized carbons (Fsp3) is 0.467. The van der Waals surface area contributed by atoms with Gasteiger partial charge in [-0.25, -0.2) is 0 Å². The Morgan fingerprint density at radius 3 is 2.75 bits per heavy atom. The summed E-state index contributed by atoms with van der Waals surface area (Å²) < 4.78 is 50.0. The second kappa shape index (κ2) is 6.68. The third-order valence-electron chi connectivity index (χ3n) is 3.50. The largest absolute Gasteiger partial charge is 0.491 e. The van der Waals surface area contributed by atoms with Crippen LogP contribution in [0.25, 0.3) is 0 Å². The van der Waals surface area contributed by atoms with Gasteiger partial charge in [-0.1, -0.05) is 0 Å². The second-order valence-electron chi connectivity index (χ2n) is 5.44. The number of halogens is 3. The molecule has 9 heteroatoms. The number of alkyl halides is 3. The minimum Gasteiger partial charge on any atom is -0.491 e. The van der Waals surface area contributed by atoms with Gasteiger partial charge in [0.15, 0.2) is 0 Å². The molecule has 0 amide bonds. The number of aromatic nitrogens is 2. The van der Waals surface area contributed by atoms with Gasteiger partial charge in [0.05, 0.1) is 18.7 Å². The van der Waals surface area contributed by atoms with Crippen molar-refractivity contribution in [2.75, 3.05) is 18.5 Å². The van der Waals surface area contributed by atoms with Crippen molar-refractivity contribution in [1.29, 1.82) is 0 Å². The molecule has 0 saturated heterocycles. The molecule has 2 aromatic rings. The highest BCUT2D eigenvalue weighted by Gasteiger charge is 2.34. The van der Waals surface area contributed by atoms with Crippen molar-refractivity contribution in [2.24, 2.45) is 0 Å². The fourth-order valence-corrected chi connectivity index (χ4v) is 2.17. The molecule has 130 valence electrons. The summed E-state index contributed by atoms with van der Waals surface area (Å²) in [5, 5.41) is 19.1. The Bertz CT molecular complexity index is 699. The number of aliphatic hydroxyl groups excluding tert-OH is 1. The van der Waals surface area contributed by atoms with Crippen molar-refractivity contribution >= 4 is 5.69 Å². The average molecular weight is 343 g/mol. The van der Waals surface area contributed by atoms with E-state index in [1.165, 1.54) is 12.1 Å². The topological polar surface area (TPSA) is 80.4 Å². The summed E-state index contributed by atoms with van der Waals surface area (Å²) in [6.45, 7) is -0.350. The number of aliphatic hydroxyl groups is 1. The molecular formula is C15H16F3N3O3. The van der Waals surface area contributed by atoms with Crippen LogP contribution in [0.4, 0.5) is 18.9 Å². The molecule has 0 bridgehead atoms. The molecule has 0 unspecified atom stereocenters. The van der Waals surface area contributed by atoms with Crippen LogP contribution in [0.3, 0.4) is 0 Å². The lowest BCUT2D eigenvalue weighted by atomic mass is 10.1. The minimum absolute atomic E-state index is 0.000353. The van der Waals surface area contributed by atoms with Crippen LogP contribution in [0.5, 0.6) is 5.75 Å². The molecule has 1 aliphatic rings. The number of hydrogen-bond acceptors (Lipinski definition) is 6. The molecule has 1 aromatic heterocycles. The molecule has 0 aliphatic heterocycles. The molecule has 1 aliphatic carbocycles. The molecule has 24 heavy (non-hydrogen) atoms. The van der Waals surface area contributed by atoms with Crippen molar-refractivity contribution in [3.8, 4) is 5.75 Å². The molecule has 0 atom stereocenters. The molecule has 2 N–H and O–H groups in total. The van der Waals surface area contributed by atoms with E-state index in [-0.39, 0.29) is 37.1 Å². The van der Waals surface area contributed by atoms with Crippen molar-refractivity contribution in [2.45, 2.75) is 31.5 Å². The molecule has 0 radical (unpaired) electrons. The number of nitrogens with one attached hydrogen (secondary N) is 1. The van der Waals surface area contributed by atoms with E-state index in [4.69, 9.17) is 14.3 Å². The number of nitrogens with zero attached hydrogens (tertiary/aromatic N) is 2. The smallest absolute Gasteiger partial charge is 0.418 e. The molecule has 3 rings (SSSR count). The predicted molar refractivity (Wildman–Crippen MR) is 77.6 cm³/mol. The molecule has 1 aromatic carbocycles. The Labute approximate surface area is 135 Å². The number of benzene rings is 1. The third kappa shape index (κ3) is 3.97. The molecule has 0 spiro atoms. The zero-order valence-electron chi connectivity index (χ0n) is 12.6. The summed E-state index contributed by atoms with van der Waals surface area (Å²) in [7, 11) is 0. The van der Waals surface area contributed by atoms with Gasteiger partial charge < -0.3 is 19.6 Å². The number of hydrogen-bond donors (Lipinski definition) is 2. The van der Waals surface area contributed by atoms with Gasteiger partial charge in [0, 0.05) is 11.6 Å². The SMILES string of the molecule is OCCOc1ccc(NCc2nnc(C3CC3)o2)c(C(F)(F)F)c1. The zero-order chi connectivity index (χ0) is 17.2. The predicted octanol–water partition coefficient (Wildman–Crippen LogP) is 2.95. The fourth-order valence-electron chi connectivity index (χ4n) is 2.17. The summed E-state index contributed by atoms with van der Waals surface area (Å²) >= 11 is 0. The van der Waals surface area contributed by atoms with E-state index in [0.717, 1.165) is 18.9 Å². The summed E-state index contributed by atoms with van der Waals surface area (Å²) in [5.74, 6) is 1.11. The van der Waals surface area contributed by atoms with Crippen molar-refractivity contribution in [3.63, 3.8) is 0 Å². The van der Waals surface area contributed by atoms with E-state index in [2.05, 4.69) is 15.5 Å². The van der Waals surface area contributed by atoms with Gasteiger partial charge in [0.25, 0.3) is 0 Å². The van der Waals surface area contributed by atoms with E-state index in [1.54, 1.807) is 0 Å². The Balaban J connectivity index is 1.72. The maximum atomic E-state index is 13.2. The van der Waals surface area contributed by atoms with Gasteiger partial charge in [0.2, 0.25) is 11.8 Å². The normalized spacial score (nSPS) is 14.7. The van der Waals surface area contributed by atoms with Crippen LogP contribution in [-0.4, -0.2) is 28.5 Å². The lowest BCUT2D eigenvalue weighted by Crippen LogP contribution is -2.12. The van der Waals surface area contributed by atoms with Gasteiger partial charge in [-0.15, -0.1) is 10.2 Å². The van der Waals surface area contributed by atoms with E-state index >= 15 is 0 Å². The Morgan fingerprint density at radius 2 is 2.08 bits per heavy atom. The summed E-state index contributed by atoms with van der Waals surface area (Å²) in [4.78, 5) is 0. The van der Waals surface area contributed by atoms with Crippen molar-refractivity contribution in [3.05, 3.63) is 35.5 Å². The van der Waals surface area contributed by atoms with Gasteiger partial charge in [-0.3, -0.25) is 0 Å². The maximum absolute atomic E-state index is 13.2. The van der Waals surface area contributed by atoms with Crippen molar-refractivity contribution in [1.82, 2.24) is 10.2 Å². The van der Waals surface area contributed by atoms with E-state index in [0.29, 0.717) is 11.8 Å². The number of ether oxygens (including phenoxy) is 1. The third-order valence-corrected chi connectivity index (χ3v) is 3.50. The molecule has 1 fully saturated rings. The number of rotatable bonds is 7. The minimum atomic E-state index is -4.55. The first-order chi connectivity index (χ1) is 11.5. The van der Waals surface area contributed by atoms with Crippen LogP contribution in [0, 0.1) is 0 Å². The Morgan fingerprint density at radius 1 is 1.29 bits per heavy atom. The van der Waals surface area contributed by atoms with Crippen LogP contribution in [0.15, 0.2) is 22.6 Å². The Hall–Kier alpha value is -2.29. The summed E-state index contributed by atoms with van der Waals surface area (Å²) in [6, 6.07) is 3.56. The van der Waals surface area contributed by atoms with Crippen molar-refractivity contribution < 1.29 is 27.4 Å². The first-order valence-corrected chi connectivity index (χ1v) is 7.48. The summed E-state index contributed by atoms with van der Waals surface area (Å²) in [5.41, 5.74) is -0.968. The highest BCUT2D eigenvalue weighted by atomic mass is 19.4. The number of anilines is 1. The first kappa shape index (κ1) is 16.6. The van der Waals surface area contributed by atoms with Crippen LogP contribution >= 0.6 is 0 Å². The van der Waals surface area contributed by atoms with Crippen LogP contribution in [0.2, 0.25) is 0 Å². The molecule has 1 heterocycles. The van der Waals surface area contributed by atoms with Crippen LogP contribution in [-0.2, 0) is 12.7 Å². The lowest BCUT2D eigenvalue weighted by molar-refractivity contribution is -0.137. The van der Waals surface area contributed by atoms with Gasteiger partial charge in [0.1, 0.15) is 12.4 Å². The highest BCUT2D eigenvalue weighted by molar-refractivity contribution is 5.55. The maximum Gasteiger partial charge on any atom is 0.418 e. The van der Waals surface area contributed by atoms with Crippen LogP contribution < -0.4 is 10.1 Å². The molecule has 1 saturated carbocycles. The second-order valence-corrected chi connectivity index (χ2v) is 5.44. The van der Waals surface area contributed by atoms with Crippen LogP contribution in [0.1, 0.15) is 36.1 Å². The first-order valence-electron chi connectivity index (χ1n) is 7.48. The standard InChI is InChI=1S/C15H16F3N3O3/c16-15(17,18)11-7-10(23-6-5-22)3-4-12(11)19-8-13-20-21-14(24-13)9-1-2-9/h3-4,7,9,19,22H,1-2,5-6,8H2. The summed E-state index contributed by atoms with van der Waals surface area (Å²) in [6.07, 6.45) is -2.54. The van der Waals surface area contributed by atoms with E-state index in [1.807, 2.05) is 0 Å². The highest BCUT2D eigenvalue weighted by Crippen LogP contribution is 2.39. The van der Waals surface area contributed by atoms with E-state index < -0.39 is 11.7 Å². The van der Waals surface area contributed by atoms with Gasteiger partial charge in [-0.05, 0) is 31.0 Å². The van der Waals surface area contributed by atoms with E-state index in [9.17, 15) is 13.2 Å². The Kier molecular flexibility index (Phi) is 4.61. The zero-order valence-corrected chi connectivity index (χ0v) is 12.6. The monoisotopic (exact) mass is 343 g/mol. The average Bonchev–Trinajstić information content (AvgIpc) is 3.29. The van der Waals surface area contributed by atoms with Gasteiger partial charge in [-0.2, -0.15) is 13.2 Å². The molecule has 6 nitrogen and oxygen atoms in total. The molecular weight excluding hydrogens is 327 g/mol. The van der Waals surface area contributed by atoms with Gasteiger partial charge >= 0.3 is 6.18 Å². The lowest BCUT2D eigenvalue weighted by Gasteiger charge is -2.15.